The zero-order chi connectivity index (χ0) is 22.8. The van der Waals surface area contributed by atoms with Crippen LogP contribution < -0.4 is 10.6 Å². The molecule has 2 N–H and O–H groups in total. The van der Waals surface area contributed by atoms with E-state index in [9.17, 15) is 14.4 Å². The fourth-order valence-corrected chi connectivity index (χ4v) is 4.96. The summed E-state index contributed by atoms with van der Waals surface area (Å²) in [6, 6.07) is 15.8. The Morgan fingerprint density at radius 3 is 2.70 bits per heavy atom. The van der Waals surface area contributed by atoms with Crippen LogP contribution in [-0.4, -0.2) is 44.6 Å². The van der Waals surface area contributed by atoms with Gasteiger partial charge in [0, 0.05) is 19.0 Å². The van der Waals surface area contributed by atoms with Crippen molar-refractivity contribution in [2.75, 3.05) is 11.9 Å². The van der Waals surface area contributed by atoms with E-state index in [1.165, 1.54) is 4.90 Å². The van der Waals surface area contributed by atoms with E-state index >= 15 is 0 Å². The van der Waals surface area contributed by atoms with Crippen LogP contribution in [0.4, 0.5) is 10.6 Å². The Kier molecular flexibility index (Phi) is 5.58. The first-order valence-corrected chi connectivity index (χ1v) is 11.5. The molecule has 1 saturated heterocycles. The molecule has 2 fully saturated rings. The van der Waals surface area contributed by atoms with Gasteiger partial charge in [-0.25, -0.2) is 9.48 Å². The minimum absolute atomic E-state index is 0.140. The second-order valence-corrected chi connectivity index (χ2v) is 8.84. The summed E-state index contributed by atoms with van der Waals surface area (Å²) in [5.41, 5.74) is 0.416. The Morgan fingerprint density at radius 2 is 1.85 bits per heavy atom. The standard InChI is InChI=1S/C25H27N5O3/c31-22(11-6-16-29-23(32)25(28-24(29)33)13-3-4-14-25)27-21-12-15-26-30(21)17-19-9-5-8-18-7-1-2-10-20(18)19/h1-2,5,7-10,12,15H,3-4,6,11,13-14,16-17H2,(H,27,31)(H,28,33). The Hall–Kier alpha value is -3.68. The molecule has 1 aromatic heterocycles. The number of anilines is 1. The molecule has 0 atom stereocenters. The highest BCUT2D eigenvalue weighted by molar-refractivity contribution is 6.07. The van der Waals surface area contributed by atoms with Crippen LogP contribution in [0.2, 0.25) is 0 Å². The topological polar surface area (TPSA) is 96.3 Å². The van der Waals surface area contributed by atoms with Crippen molar-refractivity contribution < 1.29 is 14.4 Å². The molecule has 8 nitrogen and oxygen atoms in total. The number of nitrogens with one attached hydrogen (secondary N) is 2. The molecule has 1 saturated carbocycles. The van der Waals surface area contributed by atoms with Crippen molar-refractivity contribution in [3.8, 4) is 0 Å². The highest BCUT2D eigenvalue weighted by atomic mass is 16.2. The maximum absolute atomic E-state index is 12.7. The first-order chi connectivity index (χ1) is 16.1. The molecule has 33 heavy (non-hydrogen) atoms. The van der Waals surface area contributed by atoms with E-state index in [4.69, 9.17) is 0 Å². The first kappa shape index (κ1) is 21.2. The molecule has 4 amide bonds. The van der Waals surface area contributed by atoms with Gasteiger partial charge in [0.05, 0.1) is 12.7 Å². The zero-order valence-corrected chi connectivity index (χ0v) is 18.4. The molecule has 5 rings (SSSR count). The SMILES string of the molecule is O=C(CCCN1C(=O)NC2(CCCC2)C1=O)Nc1ccnn1Cc1cccc2ccccc12. The quantitative estimate of drug-likeness (QED) is 0.543. The van der Waals surface area contributed by atoms with Crippen molar-refractivity contribution in [1.82, 2.24) is 20.0 Å². The lowest BCUT2D eigenvalue weighted by Crippen LogP contribution is -2.44. The van der Waals surface area contributed by atoms with E-state index < -0.39 is 5.54 Å². The summed E-state index contributed by atoms with van der Waals surface area (Å²) in [6.07, 6.45) is 5.60. The Labute approximate surface area is 191 Å². The van der Waals surface area contributed by atoms with Crippen molar-refractivity contribution >= 4 is 34.4 Å². The number of imide groups is 1. The third-order valence-corrected chi connectivity index (χ3v) is 6.67. The van der Waals surface area contributed by atoms with Gasteiger partial charge in [-0.05, 0) is 35.6 Å². The number of nitrogens with zero attached hydrogens (tertiary/aromatic N) is 3. The van der Waals surface area contributed by atoms with E-state index in [0.717, 1.165) is 29.2 Å². The molecular weight excluding hydrogens is 418 g/mol. The molecule has 170 valence electrons. The summed E-state index contributed by atoms with van der Waals surface area (Å²) in [4.78, 5) is 38.8. The molecule has 1 spiro atoms. The summed E-state index contributed by atoms with van der Waals surface area (Å²) in [7, 11) is 0. The number of fused-ring (bicyclic) bond motifs is 1. The Morgan fingerprint density at radius 1 is 1.06 bits per heavy atom. The molecular formula is C25H27N5O3. The van der Waals surface area contributed by atoms with E-state index in [1.54, 1.807) is 16.9 Å². The van der Waals surface area contributed by atoms with Gasteiger partial charge < -0.3 is 10.6 Å². The number of carbonyl (C=O) groups is 3. The summed E-state index contributed by atoms with van der Waals surface area (Å²) in [6.45, 7) is 0.781. The van der Waals surface area contributed by atoms with Crippen LogP contribution in [0.15, 0.2) is 54.7 Å². The minimum Gasteiger partial charge on any atom is -0.323 e. The van der Waals surface area contributed by atoms with Crippen LogP contribution in [0.3, 0.4) is 0 Å². The van der Waals surface area contributed by atoms with Gasteiger partial charge in [-0.3, -0.25) is 14.5 Å². The number of rotatable bonds is 7. The van der Waals surface area contributed by atoms with E-state index in [0.29, 0.717) is 31.6 Å². The number of aromatic nitrogens is 2. The van der Waals surface area contributed by atoms with Gasteiger partial charge in [0.15, 0.2) is 0 Å². The molecule has 0 unspecified atom stereocenters. The van der Waals surface area contributed by atoms with Crippen molar-refractivity contribution in [2.24, 2.45) is 0 Å². The first-order valence-electron chi connectivity index (χ1n) is 11.5. The van der Waals surface area contributed by atoms with Gasteiger partial charge in [0.2, 0.25) is 5.91 Å². The van der Waals surface area contributed by atoms with E-state index in [-0.39, 0.29) is 30.8 Å². The smallest absolute Gasteiger partial charge is 0.323 e. The average molecular weight is 446 g/mol. The Balaban J connectivity index is 1.18. The maximum Gasteiger partial charge on any atom is 0.325 e. The lowest BCUT2D eigenvalue weighted by molar-refractivity contribution is -0.131. The molecule has 0 radical (unpaired) electrons. The molecule has 2 heterocycles. The van der Waals surface area contributed by atoms with Crippen molar-refractivity contribution in [3.05, 3.63) is 60.3 Å². The largest absolute Gasteiger partial charge is 0.325 e. The van der Waals surface area contributed by atoms with Crippen LogP contribution in [0.1, 0.15) is 44.1 Å². The summed E-state index contributed by atoms with van der Waals surface area (Å²) in [5.74, 6) is 0.309. The molecule has 3 aromatic rings. The van der Waals surface area contributed by atoms with Gasteiger partial charge in [-0.1, -0.05) is 55.3 Å². The lowest BCUT2D eigenvalue weighted by Gasteiger charge is -2.19. The van der Waals surface area contributed by atoms with Crippen LogP contribution in [0, 0.1) is 0 Å². The normalized spacial score (nSPS) is 17.2. The van der Waals surface area contributed by atoms with Crippen LogP contribution in [0.5, 0.6) is 0 Å². The fraction of sp³-hybridized carbons (Fsp3) is 0.360. The van der Waals surface area contributed by atoms with Crippen LogP contribution in [-0.2, 0) is 16.1 Å². The van der Waals surface area contributed by atoms with Gasteiger partial charge >= 0.3 is 6.03 Å². The number of amides is 4. The fourth-order valence-electron chi connectivity index (χ4n) is 4.96. The predicted octanol–water partition coefficient (Wildman–Crippen LogP) is 3.67. The summed E-state index contributed by atoms with van der Waals surface area (Å²) < 4.78 is 1.76. The van der Waals surface area contributed by atoms with Gasteiger partial charge in [-0.15, -0.1) is 0 Å². The van der Waals surface area contributed by atoms with Gasteiger partial charge in [-0.2, -0.15) is 5.10 Å². The maximum atomic E-state index is 12.7. The third kappa shape index (κ3) is 4.08. The minimum atomic E-state index is -0.701. The number of urea groups is 1. The number of hydrogen-bond donors (Lipinski definition) is 2. The average Bonchev–Trinajstić information content (AvgIpc) is 3.51. The van der Waals surface area contributed by atoms with Crippen molar-refractivity contribution in [2.45, 2.75) is 50.6 Å². The molecule has 1 aliphatic carbocycles. The van der Waals surface area contributed by atoms with Crippen molar-refractivity contribution in [3.63, 3.8) is 0 Å². The molecule has 8 heteroatoms. The molecule has 0 bridgehead atoms. The summed E-state index contributed by atoms with van der Waals surface area (Å²) >= 11 is 0. The second-order valence-electron chi connectivity index (χ2n) is 8.84. The number of hydrogen-bond acceptors (Lipinski definition) is 4. The monoisotopic (exact) mass is 445 g/mol. The van der Waals surface area contributed by atoms with Crippen LogP contribution in [0.25, 0.3) is 10.8 Å². The van der Waals surface area contributed by atoms with E-state index in [2.05, 4.69) is 40.0 Å². The van der Waals surface area contributed by atoms with Gasteiger partial charge in [0.1, 0.15) is 11.4 Å². The highest BCUT2D eigenvalue weighted by Gasteiger charge is 2.52. The van der Waals surface area contributed by atoms with Gasteiger partial charge in [0.25, 0.3) is 5.91 Å². The second kappa shape index (κ2) is 8.69. The van der Waals surface area contributed by atoms with Crippen molar-refractivity contribution in [1.29, 1.82) is 0 Å². The number of benzene rings is 2. The predicted molar refractivity (Wildman–Crippen MR) is 125 cm³/mol. The molecule has 2 aliphatic rings. The summed E-state index contributed by atoms with van der Waals surface area (Å²) in [5, 5.41) is 12.5. The van der Waals surface area contributed by atoms with E-state index in [1.807, 2.05) is 18.2 Å². The third-order valence-electron chi connectivity index (χ3n) is 6.67. The van der Waals surface area contributed by atoms with Crippen LogP contribution >= 0.6 is 0 Å². The zero-order valence-electron chi connectivity index (χ0n) is 18.4. The lowest BCUT2D eigenvalue weighted by atomic mass is 9.98. The highest BCUT2D eigenvalue weighted by Crippen LogP contribution is 2.35. The number of carbonyl (C=O) groups excluding carboxylic acids is 3. The molecule has 1 aliphatic heterocycles. The Bertz CT molecular complexity index is 1210. The molecule has 2 aromatic carbocycles.